The number of hydrogen-bond donors (Lipinski definition) is 1. The standard InChI is InChI=1S/C24H31BrN2O3/c1-16(2)13-26-24(29)19(5)27(14-20-7-9-21(25)10-8-20)23(28)15-30-22-11-6-17(3)12-18(22)4/h6-12,16,19H,13-15H2,1-5H3,(H,26,29)/t19-/m0/s1. The smallest absolute Gasteiger partial charge is 0.261 e. The number of nitrogens with one attached hydrogen (secondary N) is 1. The molecule has 0 bridgehead atoms. The molecule has 0 saturated carbocycles. The van der Waals surface area contributed by atoms with Crippen LogP contribution >= 0.6 is 15.9 Å². The summed E-state index contributed by atoms with van der Waals surface area (Å²) in [6.07, 6.45) is 0. The van der Waals surface area contributed by atoms with Gasteiger partial charge in [0.1, 0.15) is 11.8 Å². The van der Waals surface area contributed by atoms with Crippen LogP contribution in [0.15, 0.2) is 46.9 Å². The lowest BCUT2D eigenvalue weighted by Crippen LogP contribution is -2.49. The summed E-state index contributed by atoms with van der Waals surface area (Å²) in [6, 6.07) is 13.0. The van der Waals surface area contributed by atoms with Gasteiger partial charge >= 0.3 is 0 Å². The van der Waals surface area contributed by atoms with Crippen molar-refractivity contribution < 1.29 is 14.3 Å². The number of carbonyl (C=O) groups is 2. The van der Waals surface area contributed by atoms with Gasteiger partial charge in [0.25, 0.3) is 5.91 Å². The first-order valence-corrected chi connectivity index (χ1v) is 11.0. The Kier molecular flexibility index (Phi) is 8.90. The van der Waals surface area contributed by atoms with Gasteiger partial charge in [0, 0.05) is 17.6 Å². The predicted molar refractivity (Wildman–Crippen MR) is 123 cm³/mol. The molecule has 30 heavy (non-hydrogen) atoms. The molecule has 0 heterocycles. The Morgan fingerprint density at radius 3 is 2.33 bits per heavy atom. The topological polar surface area (TPSA) is 58.6 Å². The van der Waals surface area contributed by atoms with Gasteiger partial charge in [0.15, 0.2) is 6.61 Å². The Labute approximate surface area is 187 Å². The first kappa shape index (κ1) is 23.9. The normalized spacial score (nSPS) is 11.8. The number of halogens is 1. The van der Waals surface area contributed by atoms with Crippen molar-refractivity contribution in [2.75, 3.05) is 13.2 Å². The summed E-state index contributed by atoms with van der Waals surface area (Å²) in [7, 11) is 0. The van der Waals surface area contributed by atoms with Crippen LogP contribution in [0.25, 0.3) is 0 Å². The van der Waals surface area contributed by atoms with Gasteiger partial charge in [0.2, 0.25) is 5.91 Å². The second-order valence-corrected chi connectivity index (χ2v) is 8.94. The van der Waals surface area contributed by atoms with E-state index in [9.17, 15) is 9.59 Å². The highest BCUT2D eigenvalue weighted by atomic mass is 79.9. The summed E-state index contributed by atoms with van der Waals surface area (Å²) in [5, 5.41) is 2.92. The Bertz CT molecular complexity index is 865. The zero-order chi connectivity index (χ0) is 22.3. The molecule has 0 aliphatic rings. The van der Waals surface area contributed by atoms with Crippen molar-refractivity contribution in [3.8, 4) is 5.75 Å². The van der Waals surface area contributed by atoms with Crippen molar-refractivity contribution >= 4 is 27.7 Å². The average molecular weight is 475 g/mol. The number of aryl methyl sites for hydroxylation is 2. The average Bonchev–Trinajstić information content (AvgIpc) is 2.70. The largest absolute Gasteiger partial charge is 0.483 e. The molecule has 0 radical (unpaired) electrons. The summed E-state index contributed by atoms with van der Waals surface area (Å²) in [6.45, 7) is 10.6. The van der Waals surface area contributed by atoms with Gasteiger partial charge in [-0.15, -0.1) is 0 Å². The van der Waals surface area contributed by atoms with E-state index in [2.05, 4.69) is 21.2 Å². The van der Waals surface area contributed by atoms with Crippen LogP contribution in [-0.2, 0) is 16.1 Å². The van der Waals surface area contributed by atoms with E-state index in [4.69, 9.17) is 4.74 Å². The predicted octanol–water partition coefficient (Wildman–Crippen LogP) is 4.63. The molecule has 0 unspecified atom stereocenters. The van der Waals surface area contributed by atoms with E-state index in [-0.39, 0.29) is 18.4 Å². The first-order valence-electron chi connectivity index (χ1n) is 10.2. The summed E-state index contributed by atoms with van der Waals surface area (Å²) in [5.41, 5.74) is 3.06. The Morgan fingerprint density at radius 2 is 1.73 bits per heavy atom. The van der Waals surface area contributed by atoms with E-state index in [1.165, 1.54) is 0 Å². The monoisotopic (exact) mass is 474 g/mol. The van der Waals surface area contributed by atoms with Gasteiger partial charge in [-0.05, 0) is 56.0 Å². The van der Waals surface area contributed by atoms with E-state index in [0.29, 0.717) is 24.8 Å². The summed E-state index contributed by atoms with van der Waals surface area (Å²) < 4.78 is 6.75. The lowest BCUT2D eigenvalue weighted by molar-refractivity contribution is -0.142. The third-order valence-corrected chi connectivity index (χ3v) is 5.33. The fourth-order valence-corrected chi connectivity index (χ4v) is 3.27. The molecule has 162 valence electrons. The molecular weight excluding hydrogens is 444 g/mol. The zero-order valence-corrected chi connectivity index (χ0v) is 20.0. The van der Waals surface area contributed by atoms with Crippen molar-refractivity contribution in [3.05, 3.63) is 63.6 Å². The number of nitrogens with zero attached hydrogens (tertiary/aromatic N) is 1. The van der Waals surface area contributed by atoms with Gasteiger partial charge in [-0.25, -0.2) is 0 Å². The molecule has 1 atom stereocenters. The van der Waals surface area contributed by atoms with E-state index in [0.717, 1.165) is 21.2 Å². The Balaban J connectivity index is 2.14. The van der Waals surface area contributed by atoms with Gasteiger partial charge in [0.05, 0.1) is 0 Å². The molecule has 2 amide bonds. The van der Waals surface area contributed by atoms with E-state index in [1.807, 2.05) is 70.2 Å². The van der Waals surface area contributed by atoms with E-state index < -0.39 is 6.04 Å². The summed E-state index contributed by atoms with van der Waals surface area (Å²) in [4.78, 5) is 27.3. The summed E-state index contributed by atoms with van der Waals surface area (Å²) in [5.74, 6) is 0.616. The van der Waals surface area contributed by atoms with Crippen molar-refractivity contribution in [1.82, 2.24) is 10.2 Å². The van der Waals surface area contributed by atoms with Crippen LogP contribution in [0.4, 0.5) is 0 Å². The second kappa shape index (κ2) is 11.2. The number of hydrogen-bond acceptors (Lipinski definition) is 3. The number of carbonyl (C=O) groups excluding carboxylic acids is 2. The zero-order valence-electron chi connectivity index (χ0n) is 18.4. The van der Waals surface area contributed by atoms with Gasteiger partial charge in [-0.1, -0.05) is 59.6 Å². The molecule has 0 aliphatic heterocycles. The third kappa shape index (κ3) is 7.17. The molecule has 5 nitrogen and oxygen atoms in total. The fraction of sp³-hybridized carbons (Fsp3) is 0.417. The van der Waals surface area contributed by atoms with E-state index in [1.54, 1.807) is 11.8 Å². The van der Waals surface area contributed by atoms with Crippen LogP contribution in [-0.4, -0.2) is 35.9 Å². The van der Waals surface area contributed by atoms with Crippen LogP contribution in [0.3, 0.4) is 0 Å². The van der Waals surface area contributed by atoms with E-state index >= 15 is 0 Å². The Morgan fingerprint density at radius 1 is 1.07 bits per heavy atom. The molecule has 2 aromatic rings. The summed E-state index contributed by atoms with van der Waals surface area (Å²) >= 11 is 3.42. The van der Waals surface area contributed by atoms with Crippen molar-refractivity contribution in [3.63, 3.8) is 0 Å². The minimum absolute atomic E-state index is 0.123. The van der Waals surface area contributed by atoms with Crippen molar-refractivity contribution in [2.24, 2.45) is 5.92 Å². The lowest BCUT2D eigenvalue weighted by Gasteiger charge is -2.29. The molecule has 0 spiro atoms. The fourth-order valence-electron chi connectivity index (χ4n) is 3.01. The maximum atomic E-state index is 13.1. The van der Waals surface area contributed by atoms with Gasteiger partial charge in [-0.3, -0.25) is 9.59 Å². The highest BCUT2D eigenvalue weighted by Gasteiger charge is 2.26. The molecule has 2 rings (SSSR count). The molecule has 0 fully saturated rings. The quantitative estimate of drug-likeness (QED) is 0.575. The number of benzene rings is 2. The van der Waals surface area contributed by atoms with Gasteiger partial charge in [-0.2, -0.15) is 0 Å². The van der Waals surface area contributed by atoms with Crippen molar-refractivity contribution in [2.45, 2.75) is 47.2 Å². The SMILES string of the molecule is Cc1ccc(OCC(=O)N(Cc2ccc(Br)cc2)[C@@H](C)C(=O)NCC(C)C)c(C)c1. The molecule has 6 heteroatoms. The third-order valence-electron chi connectivity index (χ3n) is 4.80. The number of amides is 2. The number of ether oxygens (including phenoxy) is 1. The minimum atomic E-state index is -0.609. The molecular formula is C24H31BrN2O3. The van der Waals surface area contributed by atoms with Crippen LogP contribution in [0, 0.1) is 19.8 Å². The Hall–Kier alpha value is -2.34. The second-order valence-electron chi connectivity index (χ2n) is 8.02. The molecule has 0 saturated heterocycles. The maximum absolute atomic E-state index is 13.1. The lowest BCUT2D eigenvalue weighted by atomic mass is 10.1. The first-order chi connectivity index (χ1) is 14.2. The molecule has 2 aromatic carbocycles. The maximum Gasteiger partial charge on any atom is 0.261 e. The van der Waals surface area contributed by atoms with Crippen LogP contribution in [0.1, 0.15) is 37.5 Å². The van der Waals surface area contributed by atoms with Gasteiger partial charge < -0.3 is 15.0 Å². The molecule has 1 N–H and O–H groups in total. The molecule has 0 aliphatic carbocycles. The highest BCUT2D eigenvalue weighted by molar-refractivity contribution is 9.10. The van der Waals surface area contributed by atoms with Crippen molar-refractivity contribution in [1.29, 1.82) is 0 Å². The number of rotatable bonds is 9. The highest BCUT2D eigenvalue weighted by Crippen LogP contribution is 2.19. The molecule has 0 aromatic heterocycles. The van der Waals surface area contributed by atoms with Crippen LogP contribution < -0.4 is 10.1 Å². The van der Waals surface area contributed by atoms with Crippen LogP contribution in [0.2, 0.25) is 0 Å². The van der Waals surface area contributed by atoms with Crippen LogP contribution in [0.5, 0.6) is 5.75 Å². The minimum Gasteiger partial charge on any atom is -0.483 e.